The molecule has 0 radical (unpaired) electrons. The molecule has 1 aromatic rings. The van der Waals surface area contributed by atoms with Crippen molar-refractivity contribution in [1.29, 1.82) is 0 Å². The van der Waals surface area contributed by atoms with Gasteiger partial charge in [-0.05, 0) is 40.6 Å². The number of halogens is 1. The molecule has 1 rings (SSSR count). The molecule has 0 bridgehead atoms. The molecular formula is C9H13IN2O. The zero-order chi connectivity index (χ0) is 10.0. The molecule has 1 heterocycles. The number of rotatable bonds is 2. The largest absolute Gasteiger partial charge is 0.506 e. The molecule has 0 amide bonds. The van der Waals surface area contributed by atoms with Crippen LogP contribution in [0.5, 0.6) is 5.75 Å². The van der Waals surface area contributed by atoms with Crippen LogP contribution in [-0.4, -0.2) is 10.1 Å². The first-order chi connectivity index (χ1) is 6.02. The fraction of sp³-hybridized carbons (Fsp3) is 0.444. The maximum atomic E-state index is 9.51. The maximum Gasteiger partial charge on any atom is 0.138 e. The Morgan fingerprint density at radius 1 is 1.46 bits per heavy atom. The Kier molecular flexibility index (Phi) is 3.49. The molecular weight excluding hydrogens is 279 g/mol. The molecule has 0 saturated heterocycles. The number of hydrogen-bond acceptors (Lipinski definition) is 3. The van der Waals surface area contributed by atoms with E-state index < -0.39 is 0 Å². The average Bonchev–Trinajstić information content (AvgIpc) is 2.08. The number of aromatic nitrogens is 1. The summed E-state index contributed by atoms with van der Waals surface area (Å²) >= 11 is 2.10. The second-order valence-electron chi connectivity index (χ2n) is 3.31. The van der Waals surface area contributed by atoms with Crippen LogP contribution in [0.1, 0.15) is 25.6 Å². The van der Waals surface area contributed by atoms with Crippen LogP contribution in [0.4, 0.5) is 0 Å². The highest BCUT2D eigenvalue weighted by molar-refractivity contribution is 14.1. The number of nitrogens with zero attached hydrogens (tertiary/aromatic N) is 1. The molecule has 0 aliphatic carbocycles. The van der Waals surface area contributed by atoms with E-state index >= 15 is 0 Å². The van der Waals surface area contributed by atoms with Crippen molar-refractivity contribution in [1.82, 2.24) is 4.98 Å². The Hall–Kier alpha value is -0.360. The summed E-state index contributed by atoms with van der Waals surface area (Å²) in [7, 11) is 0. The SMILES string of the molecule is CC(C)[C@@H](N)c1nc(I)ccc1O. The standard InChI is InChI=1S/C9H13IN2O/c1-5(2)8(11)9-6(13)3-4-7(10)12-9/h3-5,8,13H,11H2,1-2H3/t8-/m1/s1. The van der Waals surface area contributed by atoms with Gasteiger partial charge in [0.05, 0.1) is 6.04 Å². The highest BCUT2D eigenvalue weighted by atomic mass is 127. The lowest BCUT2D eigenvalue weighted by molar-refractivity contribution is 0.430. The highest BCUT2D eigenvalue weighted by Gasteiger charge is 2.16. The molecule has 0 aliphatic rings. The molecule has 4 heteroatoms. The zero-order valence-corrected chi connectivity index (χ0v) is 9.82. The van der Waals surface area contributed by atoms with Crippen molar-refractivity contribution in [2.75, 3.05) is 0 Å². The van der Waals surface area contributed by atoms with Crippen LogP contribution in [0.15, 0.2) is 12.1 Å². The van der Waals surface area contributed by atoms with Crippen LogP contribution < -0.4 is 5.73 Å². The van der Waals surface area contributed by atoms with E-state index in [1.165, 1.54) is 0 Å². The lowest BCUT2D eigenvalue weighted by Gasteiger charge is -2.16. The first kappa shape index (κ1) is 10.7. The molecule has 72 valence electrons. The van der Waals surface area contributed by atoms with E-state index in [1.807, 2.05) is 13.8 Å². The summed E-state index contributed by atoms with van der Waals surface area (Å²) < 4.78 is 0.849. The Morgan fingerprint density at radius 2 is 2.08 bits per heavy atom. The topological polar surface area (TPSA) is 59.1 Å². The average molecular weight is 292 g/mol. The first-order valence-electron chi connectivity index (χ1n) is 4.13. The molecule has 3 nitrogen and oxygen atoms in total. The molecule has 0 spiro atoms. The number of nitrogens with two attached hydrogens (primary N) is 1. The minimum Gasteiger partial charge on any atom is -0.506 e. The Bertz CT molecular complexity index is 302. The molecule has 0 aliphatic heterocycles. The van der Waals surface area contributed by atoms with Gasteiger partial charge in [0.2, 0.25) is 0 Å². The Morgan fingerprint density at radius 3 is 2.62 bits per heavy atom. The van der Waals surface area contributed by atoms with E-state index in [9.17, 15) is 5.11 Å². The van der Waals surface area contributed by atoms with Crippen molar-refractivity contribution in [2.24, 2.45) is 11.7 Å². The predicted octanol–water partition coefficient (Wildman–Crippen LogP) is 2.05. The second kappa shape index (κ2) is 4.23. The highest BCUT2D eigenvalue weighted by Crippen LogP contribution is 2.25. The third kappa shape index (κ3) is 2.54. The van der Waals surface area contributed by atoms with Crippen LogP contribution in [0, 0.1) is 9.62 Å². The van der Waals surface area contributed by atoms with Crippen molar-refractivity contribution < 1.29 is 5.11 Å². The van der Waals surface area contributed by atoms with Gasteiger partial charge in [0.25, 0.3) is 0 Å². The molecule has 1 aromatic heterocycles. The first-order valence-corrected chi connectivity index (χ1v) is 5.21. The monoisotopic (exact) mass is 292 g/mol. The fourth-order valence-electron chi connectivity index (χ4n) is 1.00. The molecule has 0 saturated carbocycles. The quantitative estimate of drug-likeness (QED) is 0.648. The molecule has 3 N–H and O–H groups in total. The van der Waals surface area contributed by atoms with Gasteiger partial charge in [0, 0.05) is 0 Å². The molecule has 13 heavy (non-hydrogen) atoms. The summed E-state index contributed by atoms with van der Waals surface area (Å²) in [5.74, 6) is 0.457. The van der Waals surface area contributed by atoms with Gasteiger partial charge < -0.3 is 10.8 Å². The third-order valence-corrected chi connectivity index (χ3v) is 2.50. The number of pyridine rings is 1. The van der Waals surface area contributed by atoms with Gasteiger partial charge in [-0.1, -0.05) is 13.8 Å². The van der Waals surface area contributed by atoms with Gasteiger partial charge in [-0.15, -0.1) is 0 Å². The van der Waals surface area contributed by atoms with Gasteiger partial charge in [-0.3, -0.25) is 0 Å². The summed E-state index contributed by atoms with van der Waals surface area (Å²) in [4.78, 5) is 4.21. The van der Waals surface area contributed by atoms with Crippen LogP contribution in [0.2, 0.25) is 0 Å². The summed E-state index contributed by atoms with van der Waals surface area (Å²) in [6, 6.07) is 3.19. The van der Waals surface area contributed by atoms with Crippen molar-refractivity contribution in [3.8, 4) is 5.75 Å². The van der Waals surface area contributed by atoms with Crippen molar-refractivity contribution in [3.63, 3.8) is 0 Å². The van der Waals surface area contributed by atoms with Crippen molar-refractivity contribution in [2.45, 2.75) is 19.9 Å². The summed E-state index contributed by atoms with van der Waals surface area (Å²) in [5.41, 5.74) is 6.47. The normalized spacial score (nSPS) is 13.3. The number of aromatic hydroxyl groups is 1. The Labute approximate surface area is 91.5 Å². The summed E-state index contributed by atoms with van der Waals surface area (Å²) in [6.45, 7) is 4.01. The maximum absolute atomic E-state index is 9.51. The minimum atomic E-state index is -0.199. The van der Waals surface area contributed by atoms with Crippen LogP contribution >= 0.6 is 22.6 Å². The minimum absolute atomic E-state index is 0.182. The van der Waals surface area contributed by atoms with Crippen molar-refractivity contribution in [3.05, 3.63) is 21.5 Å². The second-order valence-corrected chi connectivity index (χ2v) is 4.41. The third-order valence-electron chi connectivity index (χ3n) is 1.90. The summed E-state index contributed by atoms with van der Waals surface area (Å²) in [5, 5.41) is 9.51. The number of hydrogen-bond donors (Lipinski definition) is 2. The van der Waals surface area contributed by atoms with Crippen LogP contribution in [0.3, 0.4) is 0 Å². The van der Waals surface area contributed by atoms with Crippen LogP contribution in [0.25, 0.3) is 0 Å². The molecule has 1 atom stereocenters. The van der Waals surface area contributed by atoms with E-state index in [0.29, 0.717) is 5.69 Å². The lowest BCUT2D eigenvalue weighted by atomic mass is 10.0. The van der Waals surface area contributed by atoms with Gasteiger partial charge >= 0.3 is 0 Å². The summed E-state index contributed by atoms with van der Waals surface area (Å²) in [6.07, 6.45) is 0. The van der Waals surface area contributed by atoms with E-state index in [-0.39, 0.29) is 17.7 Å². The smallest absolute Gasteiger partial charge is 0.138 e. The Balaban J connectivity index is 3.05. The van der Waals surface area contributed by atoms with E-state index in [1.54, 1.807) is 12.1 Å². The predicted molar refractivity (Wildman–Crippen MR) is 60.4 cm³/mol. The molecule has 0 aromatic carbocycles. The lowest BCUT2D eigenvalue weighted by Crippen LogP contribution is -2.18. The van der Waals surface area contributed by atoms with Gasteiger partial charge in [-0.2, -0.15) is 0 Å². The van der Waals surface area contributed by atoms with E-state index in [0.717, 1.165) is 3.70 Å². The molecule has 0 fully saturated rings. The van der Waals surface area contributed by atoms with Gasteiger partial charge in [0.15, 0.2) is 0 Å². The fourth-order valence-corrected chi connectivity index (χ4v) is 1.44. The van der Waals surface area contributed by atoms with Gasteiger partial charge in [0.1, 0.15) is 15.1 Å². The zero-order valence-electron chi connectivity index (χ0n) is 7.66. The van der Waals surface area contributed by atoms with E-state index in [2.05, 4.69) is 27.6 Å². The van der Waals surface area contributed by atoms with Crippen molar-refractivity contribution >= 4 is 22.6 Å². The van der Waals surface area contributed by atoms with E-state index in [4.69, 9.17) is 5.73 Å². The van der Waals surface area contributed by atoms with Crippen LogP contribution in [-0.2, 0) is 0 Å². The molecule has 0 unspecified atom stereocenters. The van der Waals surface area contributed by atoms with Gasteiger partial charge in [-0.25, -0.2) is 4.98 Å².